The maximum Gasteiger partial charge on any atom is 0.221 e. The quantitative estimate of drug-likeness (QED) is 0.875. The summed E-state index contributed by atoms with van der Waals surface area (Å²) in [6, 6.07) is 8.50. The first-order valence-corrected chi connectivity index (χ1v) is 7.68. The van der Waals surface area contributed by atoms with Gasteiger partial charge in [-0.15, -0.1) is 0 Å². The highest BCUT2D eigenvalue weighted by molar-refractivity contribution is 9.10. The Morgan fingerprint density at radius 2 is 1.89 bits per heavy atom. The lowest BCUT2D eigenvalue weighted by atomic mass is 9.79. The van der Waals surface area contributed by atoms with Gasteiger partial charge in [-0.1, -0.05) is 40.9 Å². The molecule has 1 aliphatic rings. The van der Waals surface area contributed by atoms with Crippen LogP contribution in [0.15, 0.2) is 28.7 Å². The average molecular weight is 325 g/mol. The molecule has 0 atom stereocenters. The van der Waals surface area contributed by atoms with Crippen molar-refractivity contribution in [3.05, 3.63) is 34.3 Å². The molecule has 2 rings (SSSR count). The van der Waals surface area contributed by atoms with Gasteiger partial charge in [-0.3, -0.25) is 4.79 Å². The predicted molar refractivity (Wildman–Crippen MR) is 81.0 cm³/mol. The summed E-state index contributed by atoms with van der Waals surface area (Å²) >= 11 is 3.47. The fourth-order valence-electron chi connectivity index (χ4n) is 2.91. The van der Waals surface area contributed by atoms with Gasteiger partial charge in [-0.25, -0.2) is 0 Å². The van der Waals surface area contributed by atoms with E-state index in [9.17, 15) is 4.79 Å². The second-order valence-electron chi connectivity index (χ2n) is 5.31. The highest BCUT2D eigenvalue weighted by atomic mass is 79.9. The minimum atomic E-state index is 0.0610. The third-order valence-electron chi connectivity index (χ3n) is 4.01. The van der Waals surface area contributed by atoms with E-state index in [0.29, 0.717) is 13.0 Å². The molecule has 104 valence electrons. The van der Waals surface area contributed by atoms with Crippen molar-refractivity contribution in [2.24, 2.45) is 5.73 Å². The number of hydrogen-bond acceptors (Lipinski definition) is 2. The topological polar surface area (TPSA) is 55.1 Å². The molecule has 0 unspecified atom stereocenters. The first kappa shape index (κ1) is 14.5. The zero-order valence-electron chi connectivity index (χ0n) is 11.1. The molecule has 1 aromatic rings. The molecule has 0 saturated heterocycles. The number of carbonyl (C=O) groups is 1. The van der Waals surface area contributed by atoms with Crippen LogP contribution in [-0.2, 0) is 10.2 Å². The largest absolute Gasteiger partial charge is 0.355 e. The number of nitrogens with one attached hydrogen (secondary N) is 1. The van der Waals surface area contributed by atoms with Crippen molar-refractivity contribution in [2.45, 2.75) is 37.5 Å². The number of halogens is 1. The van der Waals surface area contributed by atoms with Crippen LogP contribution in [0.4, 0.5) is 0 Å². The molecule has 1 fully saturated rings. The van der Waals surface area contributed by atoms with Crippen LogP contribution in [0.25, 0.3) is 0 Å². The zero-order valence-corrected chi connectivity index (χ0v) is 12.7. The molecule has 0 heterocycles. The lowest BCUT2D eigenvalue weighted by Crippen LogP contribution is -2.39. The first-order valence-electron chi connectivity index (χ1n) is 6.89. The van der Waals surface area contributed by atoms with Gasteiger partial charge in [0.05, 0.1) is 0 Å². The zero-order chi connectivity index (χ0) is 13.7. The van der Waals surface area contributed by atoms with Crippen LogP contribution in [0.2, 0.25) is 0 Å². The van der Waals surface area contributed by atoms with Gasteiger partial charge in [0.2, 0.25) is 5.91 Å². The van der Waals surface area contributed by atoms with Crippen LogP contribution in [0.3, 0.4) is 0 Å². The molecule has 3 nitrogen and oxygen atoms in total. The number of hydrogen-bond donors (Lipinski definition) is 2. The maximum absolute atomic E-state index is 11.6. The monoisotopic (exact) mass is 324 g/mol. The van der Waals surface area contributed by atoms with Gasteiger partial charge in [-0.05, 0) is 30.5 Å². The summed E-state index contributed by atoms with van der Waals surface area (Å²) in [7, 11) is 0. The van der Waals surface area contributed by atoms with E-state index in [1.54, 1.807) is 0 Å². The van der Waals surface area contributed by atoms with E-state index in [0.717, 1.165) is 23.9 Å². The second-order valence-corrected chi connectivity index (χ2v) is 6.23. The lowest BCUT2D eigenvalue weighted by molar-refractivity contribution is -0.121. The maximum atomic E-state index is 11.6. The Kier molecular flexibility index (Phi) is 4.99. The molecule has 1 aliphatic carbocycles. The Morgan fingerprint density at radius 1 is 1.26 bits per heavy atom. The molecule has 3 N–H and O–H groups in total. The molecule has 19 heavy (non-hydrogen) atoms. The number of nitrogens with two attached hydrogens (primary N) is 1. The number of benzene rings is 1. The Balaban J connectivity index is 2.09. The summed E-state index contributed by atoms with van der Waals surface area (Å²) in [6.07, 6.45) is 5.19. The van der Waals surface area contributed by atoms with Crippen molar-refractivity contribution < 1.29 is 4.79 Å². The third kappa shape index (κ3) is 3.57. The summed E-state index contributed by atoms with van der Waals surface area (Å²) in [5, 5.41) is 3.05. The van der Waals surface area contributed by atoms with Gasteiger partial charge in [0.1, 0.15) is 0 Å². The van der Waals surface area contributed by atoms with Gasteiger partial charge in [0.15, 0.2) is 0 Å². The highest BCUT2D eigenvalue weighted by Gasteiger charge is 2.35. The molecule has 1 saturated carbocycles. The standard InChI is InChI=1S/C15H21BrN2O/c16-13-5-3-12(4-6-13)15(8-1-2-9-15)11-18-14(19)7-10-17/h3-6H,1-2,7-11,17H2,(H,18,19). The van der Waals surface area contributed by atoms with Crippen LogP contribution in [0.1, 0.15) is 37.7 Å². The highest BCUT2D eigenvalue weighted by Crippen LogP contribution is 2.40. The van der Waals surface area contributed by atoms with Crippen molar-refractivity contribution in [2.75, 3.05) is 13.1 Å². The Hall–Kier alpha value is -0.870. The van der Waals surface area contributed by atoms with Gasteiger partial charge < -0.3 is 11.1 Å². The first-order chi connectivity index (χ1) is 9.16. The van der Waals surface area contributed by atoms with E-state index >= 15 is 0 Å². The van der Waals surface area contributed by atoms with Gasteiger partial charge in [0, 0.05) is 29.4 Å². The summed E-state index contributed by atoms with van der Waals surface area (Å²) < 4.78 is 1.09. The summed E-state index contributed by atoms with van der Waals surface area (Å²) in [4.78, 5) is 11.6. The van der Waals surface area contributed by atoms with E-state index in [1.807, 2.05) is 0 Å². The molecular weight excluding hydrogens is 304 g/mol. The summed E-state index contributed by atoms with van der Waals surface area (Å²) in [5.41, 5.74) is 6.86. The molecule has 0 aliphatic heterocycles. The molecule has 1 aromatic carbocycles. The van der Waals surface area contributed by atoms with Gasteiger partial charge in [0.25, 0.3) is 0 Å². The fraction of sp³-hybridized carbons (Fsp3) is 0.533. The minimum Gasteiger partial charge on any atom is -0.355 e. The summed E-state index contributed by atoms with van der Waals surface area (Å²) in [5.74, 6) is 0.0610. The Morgan fingerprint density at radius 3 is 2.47 bits per heavy atom. The van der Waals surface area contributed by atoms with E-state index in [1.165, 1.54) is 18.4 Å². The molecule has 0 bridgehead atoms. The fourth-order valence-corrected chi connectivity index (χ4v) is 3.17. The van der Waals surface area contributed by atoms with E-state index < -0.39 is 0 Å². The van der Waals surface area contributed by atoms with Crippen LogP contribution in [0, 0.1) is 0 Å². The Bertz CT molecular complexity index is 424. The minimum absolute atomic E-state index is 0.0610. The molecular formula is C15H21BrN2O. The van der Waals surface area contributed by atoms with E-state index in [-0.39, 0.29) is 11.3 Å². The summed E-state index contributed by atoms with van der Waals surface area (Å²) in [6.45, 7) is 1.14. The van der Waals surface area contributed by atoms with Crippen LogP contribution < -0.4 is 11.1 Å². The normalized spacial score (nSPS) is 17.4. The van der Waals surface area contributed by atoms with Crippen molar-refractivity contribution in [3.8, 4) is 0 Å². The van der Waals surface area contributed by atoms with Crippen LogP contribution in [-0.4, -0.2) is 19.0 Å². The smallest absolute Gasteiger partial charge is 0.221 e. The van der Waals surface area contributed by atoms with Crippen molar-refractivity contribution in [3.63, 3.8) is 0 Å². The molecule has 1 amide bonds. The molecule has 0 radical (unpaired) electrons. The van der Waals surface area contributed by atoms with E-state index in [2.05, 4.69) is 45.5 Å². The van der Waals surface area contributed by atoms with Crippen molar-refractivity contribution in [1.82, 2.24) is 5.32 Å². The van der Waals surface area contributed by atoms with Crippen molar-refractivity contribution >= 4 is 21.8 Å². The van der Waals surface area contributed by atoms with Crippen LogP contribution in [0.5, 0.6) is 0 Å². The van der Waals surface area contributed by atoms with E-state index in [4.69, 9.17) is 5.73 Å². The Labute approximate surface area is 123 Å². The number of amides is 1. The predicted octanol–water partition coefficient (Wildman–Crippen LogP) is 2.73. The number of carbonyl (C=O) groups excluding carboxylic acids is 1. The average Bonchev–Trinajstić information content (AvgIpc) is 2.88. The van der Waals surface area contributed by atoms with Crippen molar-refractivity contribution in [1.29, 1.82) is 0 Å². The third-order valence-corrected chi connectivity index (χ3v) is 4.54. The van der Waals surface area contributed by atoms with Crippen LogP contribution >= 0.6 is 15.9 Å². The number of rotatable bonds is 5. The van der Waals surface area contributed by atoms with Gasteiger partial charge >= 0.3 is 0 Å². The van der Waals surface area contributed by atoms with Gasteiger partial charge in [-0.2, -0.15) is 0 Å². The molecule has 0 aromatic heterocycles. The lowest BCUT2D eigenvalue weighted by Gasteiger charge is -2.30. The second kappa shape index (κ2) is 6.53. The SMILES string of the molecule is NCCC(=O)NCC1(c2ccc(Br)cc2)CCCC1. The molecule has 4 heteroatoms. The molecule has 0 spiro atoms.